The van der Waals surface area contributed by atoms with Gasteiger partial charge in [0.25, 0.3) is 0 Å². The molecule has 1 aromatic carbocycles. The highest BCUT2D eigenvalue weighted by molar-refractivity contribution is 6.32. The van der Waals surface area contributed by atoms with Gasteiger partial charge in [0.15, 0.2) is 6.79 Å². The molecular formula is C16H18ClNO2. The molecule has 106 valence electrons. The lowest BCUT2D eigenvalue weighted by Gasteiger charge is -2.30. The normalized spacial score (nSPS) is 14.9. The highest BCUT2D eigenvalue weighted by Crippen LogP contribution is 2.32. The van der Waals surface area contributed by atoms with E-state index in [1.54, 1.807) is 7.11 Å². The molecule has 0 atom stereocenters. The molecule has 0 fully saturated rings. The second-order valence-electron chi connectivity index (χ2n) is 4.33. The molecule has 2 rings (SSSR count). The van der Waals surface area contributed by atoms with Gasteiger partial charge in [-0.1, -0.05) is 18.2 Å². The molecule has 1 aromatic rings. The first-order valence-electron chi connectivity index (χ1n) is 6.43. The maximum absolute atomic E-state index is 6.12. The van der Waals surface area contributed by atoms with Crippen LogP contribution in [-0.4, -0.2) is 25.3 Å². The monoisotopic (exact) mass is 291 g/mol. The first kappa shape index (κ1) is 14.7. The van der Waals surface area contributed by atoms with E-state index in [0.717, 1.165) is 29.3 Å². The predicted molar refractivity (Wildman–Crippen MR) is 82.4 cm³/mol. The smallest absolute Gasteiger partial charge is 0.188 e. The lowest BCUT2D eigenvalue weighted by molar-refractivity contribution is 0.0511. The third-order valence-corrected chi connectivity index (χ3v) is 3.43. The molecule has 20 heavy (non-hydrogen) atoms. The molecule has 1 aliphatic heterocycles. The molecule has 3 nitrogen and oxygen atoms in total. The average molecular weight is 292 g/mol. The van der Waals surface area contributed by atoms with E-state index in [2.05, 4.69) is 18.4 Å². The van der Waals surface area contributed by atoms with Gasteiger partial charge in [-0.3, -0.25) is 0 Å². The average Bonchev–Trinajstić information content (AvgIpc) is 2.48. The minimum atomic E-state index is 0.248. The Morgan fingerprint density at radius 2 is 1.90 bits per heavy atom. The van der Waals surface area contributed by atoms with Crippen LogP contribution in [0.1, 0.15) is 12.5 Å². The van der Waals surface area contributed by atoms with Crippen molar-refractivity contribution in [2.75, 3.05) is 20.4 Å². The molecule has 1 heterocycles. The van der Waals surface area contributed by atoms with E-state index in [-0.39, 0.29) is 6.79 Å². The van der Waals surface area contributed by atoms with Crippen molar-refractivity contribution in [3.63, 3.8) is 0 Å². The van der Waals surface area contributed by atoms with E-state index in [1.807, 2.05) is 36.4 Å². The van der Waals surface area contributed by atoms with Crippen LogP contribution in [0.15, 0.2) is 53.7 Å². The Balaban J connectivity index is 2.24. The summed E-state index contributed by atoms with van der Waals surface area (Å²) in [5.74, 6) is 0.780. The summed E-state index contributed by atoms with van der Waals surface area (Å²) in [5.41, 5.74) is 3.00. The summed E-state index contributed by atoms with van der Waals surface area (Å²) in [5, 5.41) is 0.677. The molecule has 0 spiro atoms. The van der Waals surface area contributed by atoms with Gasteiger partial charge in [-0.05, 0) is 48.9 Å². The highest BCUT2D eigenvalue weighted by Gasteiger charge is 2.18. The van der Waals surface area contributed by atoms with Crippen molar-refractivity contribution >= 4 is 17.3 Å². The van der Waals surface area contributed by atoms with Crippen LogP contribution in [0.25, 0.3) is 5.70 Å². The van der Waals surface area contributed by atoms with Gasteiger partial charge in [0.1, 0.15) is 5.75 Å². The first-order valence-corrected chi connectivity index (χ1v) is 6.81. The Morgan fingerprint density at radius 3 is 2.50 bits per heavy atom. The van der Waals surface area contributed by atoms with Gasteiger partial charge in [-0.25, -0.2) is 0 Å². The van der Waals surface area contributed by atoms with Gasteiger partial charge < -0.3 is 14.4 Å². The summed E-state index contributed by atoms with van der Waals surface area (Å²) >= 11 is 6.12. The van der Waals surface area contributed by atoms with Crippen molar-refractivity contribution < 1.29 is 9.47 Å². The molecule has 0 saturated heterocycles. The lowest BCUT2D eigenvalue weighted by atomic mass is 10.1. The minimum absolute atomic E-state index is 0.248. The zero-order valence-corrected chi connectivity index (χ0v) is 12.5. The first-order chi connectivity index (χ1) is 9.67. The molecule has 0 radical (unpaired) electrons. The number of rotatable bonds is 5. The van der Waals surface area contributed by atoms with Crippen LogP contribution in [-0.2, 0) is 4.74 Å². The van der Waals surface area contributed by atoms with Gasteiger partial charge in [0, 0.05) is 19.4 Å². The zero-order valence-electron chi connectivity index (χ0n) is 11.7. The molecule has 0 aromatic heterocycles. The molecule has 0 bridgehead atoms. The van der Waals surface area contributed by atoms with Gasteiger partial charge in [0.05, 0.1) is 10.7 Å². The van der Waals surface area contributed by atoms with Crippen LogP contribution in [0.3, 0.4) is 0 Å². The van der Waals surface area contributed by atoms with Crippen molar-refractivity contribution in [3.8, 4) is 5.75 Å². The number of halogens is 1. The van der Waals surface area contributed by atoms with Crippen molar-refractivity contribution in [2.45, 2.75) is 6.92 Å². The predicted octanol–water partition coefficient (Wildman–Crippen LogP) is 3.98. The van der Waals surface area contributed by atoms with Crippen LogP contribution < -0.4 is 4.74 Å². The number of likely N-dealkylation sites (N-methyl/N-ethyl adjacent to an activating group) is 1. The fourth-order valence-corrected chi connectivity index (χ4v) is 2.24. The summed E-state index contributed by atoms with van der Waals surface area (Å²) in [6.45, 7) is 7.16. The zero-order chi connectivity index (χ0) is 14.5. The third kappa shape index (κ3) is 3.06. The molecule has 0 amide bonds. The Labute approximate surface area is 124 Å². The standard InChI is InChI=1S/C16H18ClNO2/c1-4-18-12(2)15(17)9-10-16(18)13-5-7-14(8-6-13)20-11-19-3/h5-10H,2,4,11H2,1,3H3. The second kappa shape index (κ2) is 6.64. The largest absolute Gasteiger partial charge is 0.468 e. The molecule has 0 aliphatic carbocycles. The molecule has 4 heteroatoms. The fraction of sp³-hybridized carbons (Fsp3) is 0.250. The van der Waals surface area contributed by atoms with Gasteiger partial charge in [-0.15, -0.1) is 0 Å². The van der Waals surface area contributed by atoms with E-state index < -0.39 is 0 Å². The van der Waals surface area contributed by atoms with Crippen LogP contribution in [0.5, 0.6) is 5.75 Å². The third-order valence-electron chi connectivity index (χ3n) is 3.09. The van der Waals surface area contributed by atoms with Crippen molar-refractivity contribution in [1.82, 2.24) is 4.90 Å². The number of benzene rings is 1. The van der Waals surface area contributed by atoms with Crippen molar-refractivity contribution in [3.05, 3.63) is 59.3 Å². The summed E-state index contributed by atoms with van der Waals surface area (Å²) in [6, 6.07) is 7.87. The van der Waals surface area contributed by atoms with Gasteiger partial charge in [-0.2, -0.15) is 0 Å². The van der Waals surface area contributed by atoms with Crippen molar-refractivity contribution in [2.24, 2.45) is 0 Å². The number of hydrogen-bond donors (Lipinski definition) is 0. The van der Waals surface area contributed by atoms with Crippen LogP contribution >= 0.6 is 11.6 Å². The topological polar surface area (TPSA) is 21.7 Å². The van der Waals surface area contributed by atoms with E-state index in [9.17, 15) is 0 Å². The molecular weight excluding hydrogens is 274 g/mol. The Morgan fingerprint density at radius 1 is 1.20 bits per heavy atom. The second-order valence-corrected chi connectivity index (χ2v) is 4.74. The summed E-state index contributed by atoms with van der Waals surface area (Å²) in [6.07, 6.45) is 3.88. The highest BCUT2D eigenvalue weighted by atomic mass is 35.5. The Kier molecular flexibility index (Phi) is 4.88. The number of nitrogens with zero attached hydrogens (tertiary/aromatic N) is 1. The number of methoxy groups -OCH3 is 1. The molecule has 0 saturated carbocycles. The summed E-state index contributed by atoms with van der Waals surface area (Å²) < 4.78 is 10.3. The van der Waals surface area contributed by atoms with E-state index in [0.29, 0.717) is 5.03 Å². The Hall–Kier alpha value is -1.71. The number of allylic oxidation sites excluding steroid dienone is 3. The number of ether oxygens (including phenoxy) is 2. The molecule has 0 unspecified atom stereocenters. The van der Waals surface area contributed by atoms with Crippen LogP contribution in [0.2, 0.25) is 0 Å². The maximum atomic E-state index is 6.12. The fourth-order valence-electron chi connectivity index (χ4n) is 2.07. The van der Waals surface area contributed by atoms with Crippen LogP contribution in [0, 0.1) is 0 Å². The Bertz CT molecular complexity index is 546. The summed E-state index contributed by atoms with van der Waals surface area (Å²) in [4.78, 5) is 2.09. The lowest BCUT2D eigenvalue weighted by Crippen LogP contribution is -2.22. The van der Waals surface area contributed by atoms with E-state index in [4.69, 9.17) is 21.1 Å². The SMILES string of the molecule is C=C1C(Cl)=CC=C(c2ccc(OCOC)cc2)N1CC. The van der Waals surface area contributed by atoms with Crippen molar-refractivity contribution in [1.29, 1.82) is 0 Å². The molecule has 1 aliphatic rings. The van der Waals surface area contributed by atoms with E-state index >= 15 is 0 Å². The quantitative estimate of drug-likeness (QED) is 0.766. The van der Waals surface area contributed by atoms with E-state index in [1.165, 1.54) is 0 Å². The number of hydrogen-bond acceptors (Lipinski definition) is 3. The summed E-state index contributed by atoms with van der Waals surface area (Å²) in [7, 11) is 1.60. The van der Waals surface area contributed by atoms with Gasteiger partial charge >= 0.3 is 0 Å². The molecule has 0 N–H and O–H groups in total. The maximum Gasteiger partial charge on any atom is 0.188 e. The minimum Gasteiger partial charge on any atom is -0.468 e. The van der Waals surface area contributed by atoms with Gasteiger partial charge in [0.2, 0.25) is 0 Å². The van der Waals surface area contributed by atoms with Crippen LogP contribution in [0.4, 0.5) is 0 Å².